The molecular weight excluding hydrogens is 302 g/mol. The molecule has 1 saturated carbocycles. The summed E-state index contributed by atoms with van der Waals surface area (Å²) < 4.78 is 18.1. The van der Waals surface area contributed by atoms with Crippen molar-refractivity contribution >= 4 is 22.7 Å². The minimum Gasteiger partial charge on any atom is -0.450 e. The van der Waals surface area contributed by atoms with Crippen LogP contribution in [0.3, 0.4) is 0 Å². The Labute approximate surface area is 132 Å². The van der Waals surface area contributed by atoms with Crippen LogP contribution in [0, 0.1) is 0 Å². The molecule has 118 valence electrons. The molecular formula is C16H19NO4S. The summed E-state index contributed by atoms with van der Waals surface area (Å²) in [6.45, 7) is 1.96. The van der Waals surface area contributed by atoms with Crippen molar-refractivity contribution in [2.24, 2.45) is 0 Å². The molecule has 1 aliphatic carbocycles. The van der Waals surface area contributed by atoms with E-state index < -0.39 is 21.8 Å². The largest absolute Gasteiger partial charge is 0.450 e. The highest BCUT2D eigenvalue weighted by molar-refractivity contribution is 7.87. The fraction of sp³-hybridized carbons (Fsp3) is 0.500. The van der Waals surface area contributed by atoms with E-state index in [0.29, 0.717) is 17.7 Å². The summed E-state index contributed by atoms with van der Waals surface area (Å²) in [5, 5.41) is 0. The lowest BCUT2D eigenvalue weighted by molar-refractivity contribution is -0.120. The molecule has 2 fully saturated rings. The van der Waals surface area contributed by atoms with E-state index in [9.17, 15) is 13.8 Å². The van der Waals surface area contributed by atoms with Gasteiger partial charge >= 0.3 is 6.09 Å². The normalized spacial score (nSPS) is 28.5. The molecule has 3 rings (SSSR count). The van der Waals surface area contributed by atoms with Gasteiger partial charge in [-0.15, -0.1) is 0 Å². The first kappa shape index (κ1) is 15.2. The zero-order valence-electron chi connectivity index (χ0n) is 12.5. The Balaban J connectivity index is 1.99. The smallest absolute Gasteiger partial charge is 0.411 e. The SMILES string of the molecule is CCOC(=O)N1[C@@H]2CCCCC(=O)[C@@]21[S@@](=O)c1ccccc1. The van der Waals surface area contributed by atoms with Crippen LogP contribution in [0.4, 0.5) is 4.79 Å². The second kappa shape index (κ2) is 5.83. The molecule has 0 radical (unpaired) electrons. The third-order valence-corrected chi connectivity index (χ3v) is 6.25. The first-order chi connectivity index (χ1) is 10.6. The number of benzene rings is 1. The van der Waals surface area contributed by atoms with Gasteiger partial charge < -0.3 is 4.74 Å². The van der Waals surface area contributed by atoms with Gasteiger partial charge in [0.15, 0.2) is 5.78 Å². The fourth-order valence-electron chi connectivity index (χ4n) is 3.27. The number of fused-ring (bicyclic) bond motifs is 1. The summed E-state index contributed by atoms with van der Waals surface area (Å²) in [6, 6.07) is 8.58. The molecule has 6 heteroatoms. The third kappa shape index (κ3) is 2.17. The van der Waals surface area contributed by atoms with Crippen LogP contribution in [0.2, 0.25) is 0 Å². The Morgan fingerprint density at radius 2 is 2.09 bits per heavy atom. The highest BCUT2D eigenvalue weighted by Crippen LogP contribution is 2.52. The number of amides is 1. The van der Waals surface area contributed by atoms with E-state index >= 15 is 0 Å². The Morgan fingerprint density at radius 3 is 2.77 bits per heavy atom. The van der Waals surface area contributed by atoms with Crippen molar-refractivity contribution in [2.75, 3.05) is 6.61 Å². The standard InChI is InChI=1S/C16H19NO4S/c1-2-21-15(19)17-13-10-6-7-11-14(18)16(13,17)22(20)12-8-4-3-5-9-12/h3-5,8-9,13H,2,6-7,10-11H2,1H3/t13-,16+,17?,22+/m1/s1. The van der Waals surface area contributed by atoms with Gasteiger partial charge in [-0.25, -0.2) is 4.79 Å². The van der Waals surface area contributed by atoms with Crippen molar-refractivity contribution in [1.82, 2.24) is 4.90 Å². The van der Waals surface area contributed by atoms with E-state index in [2.05, 4.69) is 0 Å². The maximum absolute atomic E-state index is 13.1. The molecule has 3 atom stereocenters. The van der Waals surface area contributed by atoms with Gasteiger partial charge in [0.25, 0.3) is 0 Å². The number of rotatable bonds is 3. The van der Waals surface area contributed by atoms with E-state index in [1.807, 2.05) is 6.07 Å². The second-order valence-corrected chi connectivity index (χ2v) is 7.16. The van der Waals surface area contributed by atoms with Crippen LogP contribution < -0.4 is 0 Å². The van der Waals surface area contributed by atoms with Gasteiger partial charge in [0.05, 0.1) is 23.4 Å². The Hall–Kier alpha value is -1.69. The Kier molecular flexibility index (Phi) is 4.04. The number of ketones is 1. The first-order valence-corrected chi connectivity index (χ1v) is 8.75. The van der Waals surface area contributed by atoms with Crippen LogP contribution in [-0.4, -0.2) is 38.5 Å². The molecule has 0 bridgehead atoms. The lowest BCUT2D eigenvalue weighted by Gasteiger charge is -2.15. The topological polar surface area (TPSA) is 63.5 Å². The van der Waals surface area contributed by atoms with Crippen LogP contribution in [-0.2, 0) is 20.3 Å². The van der Waals surface area contributed by atoms with Gasteiger partial charge in [-0.2, -0.15) is 0 Å². The molecule has 1 saturated heterocycles. The number of ether oxygens (including phenoxy) is 1. The molecule has 1 aromatic rings. The van der Waals surface area contributed by atoms with Gasteiger partial charge in [-0.05, 0) is 31.9 Å². The number of hydrogen-bond acceptors (Lipinski definition) is 4. The molecule has 1 heterocycles. The summed E-state index contributed by atoms with van der Waals surface area (Å²) in [4.78, 5) is 25.6. The highest BCUT2D eigenvalue weighted by atomic mass is 32.2. The van der Waals surface area contributed by atoms with Gasteiger partial charge in [-0.3, -0.25) is 13.9 Å². The summed E-state index contributed by atoms with van der Waals surface area (Å²) in [5.41, 5.74) is 0. The monoisotopic (exact) mass is 321 g/mol. The van der Waals surface area contributed by atoms with Crippen molar-refractivity contribution in [3.8, 4) is 0 Å². The molecule has 22 heavy (non-hydrogen) atoms. The number of carbonyl (C=O) groups excluding carboxylic acids is 2. The number of carbonyl (C=O) groups is 2. The Morgan fingerprint density at radius 1 is 1.36 bits per heavy atom. The lowest BCUT2D eigenvalue weighted by Crippen LogP contribution is -2.37. The number of likely N-dealkylation sites (tertiary alicyclic amines) is 1. The van der Waals surface area contributed by atoms with E-state index in [0.717, 1.165) is 12.8 Å². The molecule has 5 nitrogen and oxygen atoms in total. The van der Waals surface area contributed by atoms with Crippen molar-refractivity contribution < 1.29 is 18.5 Å². The molecule has 1 amide bonds. The van der Waals surface area contributed by atoms with Crippen LogP contribution in [0.5, 0.6) is 0 Å². The summed E-state index contributed by atoms with van der Waals surface area (Å²) >= 11 is 0. The predicted octanol–water partition coefficient (Wildman–Crippen LogP) is 2.47. The van der Waals surface area contributed by atoms with E-state index in [1.54, 1.807) is 31.2 Å². The molecule has 0 N–H and O–H groups in total. The zero-order chi connectivity index (χ0) is 15.7. The first-order valence-electron chi connectivity index (χ1n) is 7.60. The minimum atomic E-state index is -1.58. The molecule has 0 unspecified atom stereocenters. The number of nitrogens with zero attached hydrogens (tertiary/aromatic N) is 1. The van der Waals surface area contributed by atoms with E-state index in [1.165, 1.54) is 4.90 Å². The second-order valence-electron chi connectivity index (χ2n) is 5.53. The van der Waals surface area contributed by atoms with Gasteiger partial charge in [-0.1, -0.05) is 24.6 Å². The Bertz CT molecular complexity index is 618. The van der Waals surface area contributed by atoms with Crippen LogP contribution in [0.25, 0.3) is 0 Å². The average Bonchev–Trinajstić information content (AvgIpc) is 3.23. The molecule has 1 aliphatic heterocycles. The van der Waals surface area contributed by atoms with Gasteiger partial charge in [0.2, 0.25) is 4.87 Å². The fourth-order valence-corrected chi connectivity index (χ4v) is 5.14. The molecule has 2 aliphatic rings. The highest BCUT2D eigenvalue weighted by Gasteiger charge is 2.74. The van der Waals surface area contributed by atoms with Crippen LogP contribution in [0.1, 0.15) is 32.6 Å². The maximum atomic E-state index is 13.1. The van der Waals surface area contributed by atoms with Gasteiger partial charge in [0, 0.05) is 11.3 Å². The minimum absolute atomic E-state index is 0.106. The van der Waals surface area contributed by atoms with Gasteiger partial charge in [0.1, 0.15) is 0 Å². The third-order valence-electron chi connectivity index (χ3n) is 4.29. The maximum Gasteiger partial charge on any atom is 0.411 e. The molecule has 0 aromatic heterocycles. The quantitative estimate of drug-likeness (QED) is 0.802. The average molecular weight is 321 g/mol. The van der Waals surface area contributed by atoms with Crippen molar-refractivity contribution in [3.05, 3.63) is 30.3 Å². The van der Waals surface area contributed by atoms with E-state index in [4.69, 9.17) is 4.74 Å². The van der Waals surface area contributed by atoms with Crippen molar-refractivity contribution in [2.45, 2.75) is 48.4 Å². The lowest BCUT2D eigenvalue weighted by atomic mass is 10.2. The summed E-state index contributed by atoms with van der Waals surface area (Å²) in [5.74, 6) is -0.106. The molecule has 1 aromatic carbocycles. The number of Topliss-reactive ketones (excluding diaryl/α,β-unsaturated/α-hetero) is 1. The predicted molar refractivity (Wildman–Crippen MR) is 81.7 cm³/mol. The summed E-state index contributed by atoms with van der Waals surface area (Å²) in [7, 11) is -1.58. The molecule has 0 spiro atoms. The summed E-state index contributed by atoms with van der Waals surface area (Å²) in [6.07, 6.45) is 2.18. The van der Waals surface area contributed by atoms with Crippen molar-refractivity contribution in [3.63, 3.8) is 0 Å². The zero-order valence-corrected chi connectivity index (χ0v) is 13.3. The van der Waals surface area contributed by atoms with Crippen LogP contribution in [0.15, 0.2) is 35.2 Å². The van der Waals surface area contributed by atoms with Crippen LogP contribution >= 0.6 is 0 Å². The van der Waals surface area contributed by atoms with Crippen molar-refractivity contribution in [1.29, 1.82) is 0 Å². The van der Waals surface area contributed by atoms with E-state index in [-0.39, 0.29) is 18.4 Å². The number of hydrogen-bond donors (Lipinski definition) is 0.